The number of benzene rings is 2. The third-order valence-electron chi connectivity index (χ3n) is 4.84. The van der Waals surface area contributed by atoms with Gasteiger partial charge in [-0.15, -0.1) is 11.3 Å². The van der Waals surface area contributed by atoms with Crippen LogP contribution in [0.3, 0.4) is 0 Å². The van der Waals surface area contributed by atoms with E-state index in [4.69, 9.17) is 16.1 Å². The Bertz CT molecular complexity index is 1420. The molecule has 30 heavy (non-hydrogen) atoms. The van der Waals surface area contributed by atoms with Crippen molar-refractivity contribution < 1.29 is 4.52 Å². The minimum atomic E-state index is -0.131. The lowest BCUT2D eigenvalue weighted by Gasteiger charge is -2.02. The number of nitrogens with zero attached hydrogens (tertiary/aromatic N) is 4. The topological polar surface area (TPSA) is 73.8 Å². The monoisotopic (exact) mass is 434 g/mol. The van der Waals surface area contributed by atoms with Crippen LogP contribution in [0.1, 0.15) is 11.5 Å². The van der Waals surface area contributed by atoms with Crippen molar-refractivity contribution >= 4 is 33.2 Å². The van der Waals surface area contributed by atoms with E-state index in [-0.39, 0.29) is 12.1 Å². The zero-order chi connectivity index (χ0) is 20.7. The average Bonchev–Trinajstić information content (AvgIpc) is 3.36. The molecule has 8 heteroatoms. The molecule has 0 saturated carbocycles. The van der Waals surface area contributed by atoms with E-state index in [1.165, 1.54) is 22.2 Å². The van der Waals surface area contributed by atoms with Crippen molar-refractivity contribution in [3.63, 3.8) is 0 Å². The summed E-state index contributed by atoms with van der Waals surface area (Å²) in [5.74, 6) is 0.695. The van der Waals surface area contributed by atoms with Gasteiger partial charge in [-0.05, 0) is 30.2 Å². The minimum Gasteiger partial charge on any atom is -0.337 e. The zero-order valence-electron chi connectivity index (χ0n) is 15.9. The molecule has 0 bridgehead atoms. The summed E-state index contributed by atoms with van der Waals surface area (Å²) >= 11 is 7.72. The molecule has 0 amide bonds. The van der Waals surface area contributed by atoms with E-state index < -0.39 is 0 Å². The molecule has 5 aromatic rings. The first kappa shape index (κ1) is 18.7. The molecule has 0 aliphatic rings. The molecule has 0 saturated heterocycles. The van der Waals surface area contributed by atoms with E-state index in [2.05, 4.69) is 15.1 Å². The fourth-order valence-electron chi connectivity index (χ4n) is 3.35. The van der Waals surface area contributed by atoms with Gasteiger partial charge in [0.15, 0.2) is 0 Å². The van der Waals surface area contributed by atoms with Crippen LogP contribution in [0.4, 0.5) is 0 Å². The maximum atomic E-state index is 13.1. The molecule has 0 aliphatic heterocycles. The van der Waals surface area contributed by atoms with E-state index in [0.29, 0.717) is 27.7 Å². The van der Waals surface area contributed by atoms with Crippen LogP contribution in [0.15, 0.2) is 70.2 Å². The summed E-state index contributed by atoms with van der Waals surface area (Å²) in [6.45, 7) is 2.09. The SMILES string of the molecule is Cc1c(-c2ccccc2)sc2ncn(Cc3nc(-c4ccccc4Cl)no3)c(=O)c12. The number of halogens is 1. The number of aryl methyl sites for hydroxylation is 1. The second kappa shape index (κ2) is 7.51. The van der Waals surface area contributed by atoms with Crippen molar-refractivity contribution in [3.05, 3.63) is 87.8 Å². The highest BCUT2D eigenvalue weighted by Crippen LogP contribution is 2.35. The lowest BCUT2D eigenvalue weighted by atomic mass is 10.1. The molecule has 0 radical (unpaired) electrons. The highest BCUT2D eigenvalue weighted by Gasteiger charge is 2.17. The van der Waals surface area contributed by atoms with Gasteiger partial charge in [-0.3, -0.25) is 9.36 Å². The molecule has 2 aromatic carbocycles. The van der Waals surface area contributed by atoms with Crippen molar-refractivity contribution in [1.29, 1.82) is 0 Å². The fraction of sp³-hybridized carbons (Fsp3) is 0.0909. The Labute approximate surface area is 180 Å². The van der Waals surface area contributed by atoms with Crippen LogP contribution < -0.4 is 5.56 Å². The molecule has 5 rings (SSSR count). The predicted octanol–water partition coefficient (Wildman–Crippen LogP) is 5.19. The van der Waals surface area contributed by atoms with Crippen LogP contribution in [-0.4, -0.2) is 19.7 Å². The highest BCUT2D eigenvalue weighted by atomic mass is 35.5. The van der Waals surface area contributed by atoms with E-state index in [1.807, 2.05) is 55.5 Å². The molecule has 148 valence electrons. The molecule has 0 unspecified atom stereocenters. The van der Waals surface area contributed by atoms with Crippen molar-refractivity contribution in [1.82, 2.24) is 19.7 Å². The van der Waals surface area contributed by atoms with Gasteiger partial charge in [0.05, 0.1) is 16.7 Å². The summed E-state index contributed by atoms with van der Waals surface area (Å²) < 4.78 is 6.83. The van der Waals surface area contributed by atoms with E-state index >= 15 is 0 Å². The zero-order valence-corrected chi connectivity index (χ0v) is 17.4. The normalized spacial score (nSPS) is 11.3. The summed E-state index contributed by atoms with van der Waals surface area (Å²) in [5, 5.41) is 5.14. The molecule has 0 aliphatic carbocycles. The third kappa shape index (κ3) is 3.22. The molecule has 3 aromatic heterocycles. The van der Waals surface area contributed by atoms with E-state index in [1.54, 1.807) is 6.07 Å². The quantitative estimate of drug-likeness (QED) is 0.389. The number of hydrogen-bond acceptors (Lipinski definition) is 6. The molecule has 3 heterocycles. The summed E-state index contributed by atoms with van der Waals surface area (Å²) in [5.41, 5.74) is 2.55. The number of thiophene rings is 1. The second-order valence-electron chi connectivity index (χ2n) is 6.77. The Hall–Kier alpha value is -3.29. The number of hydrogen-bond donors (Lipinski definition) is 0. The Morgan fingerprint density at radius 2 is 1.87 bits per heavy atom. The number of aromatic nitrogens is 4. The molecule has 0 atom stereocenters. The van der Waals surface area contributed by atoms with Crippen LogP contribution in [0.5, 0.6) is 0 Å². The van der Waals surface area contributed by atoms with Gasteiger partial charge in [-0.25, -0.2) is 4.98 Å². The molecular weight excluding hydrogens is 420 g/mol. The summed E-state index contributed by atoms with van der Waals surface area (Å²) in [7, 11) is 0. The van der Waals surface area contributed by atoms with Crippen LogP contribution in [0, 0.1) is 6.92 Å². The van der Waals surface area contributed by atoms with Gasteiger partial charge in [0.1, 0.15) is 11.4 Å². The first-order chi connectivity index (χ1) is 14.6. The largest absolute Gasteiger partial charge is 0.337 e. The van der Waals surface area contributed by atoms with E-state index in [0.717, 1.165) is 20.8 Å². The first-order valence-corrected chi connectivity index (χ1v) is 10.4. The van der Waals surface area contributed by atoms with Gasteiger partial charge in [0.25, 0.3) is 5.56 Å². The predicted molar refractivity (Wildman–Crippen MR) is 118 cm³/mol. The van der Waals surface area contributed by atoms with Crippen molar-refractivity contribution in [2.24, 2.45) is 0 Å². The van der Waals surface area contributed by atoms with Gasteiger partial charge in [-0.1, -0.05) is 59.2 Å². The molecule has 6 nitrogen and oxygen atoms in total. The van der Waals surface area contributed by atoms with Gasteiger partial charge >= 0.3 is 0 Å². The smallest absolute Gasteiger partial charge is 0.262 e. The lowest BCUT2D eigenvalue weighted by Crippen LogP contribution is -2.21. The number of fused-ring (bicyclic) bond motifs is 1. The van der Waals surface area contributed by atoms with Crippen LogP contribution in [-0.2, 0) is 6.54 Å². The Morgan fingerprint density at radius 3 is 2.67 bits per heavy atom. The molecule has 0 spiro atoms. The Balaban J connectivity index is 1.52. The van der Waals surface area contributed by atoms with Gasteiger partial charge in [-0.2, -0.15) is 4.98 Å². The average molecular weight is 435 g/mol. The van der Waals surface area contributed by atoms with Crippen LogP contribution in [0.2, 0.25) is 5.02 Å². The second-order valence-corrected chi connectivity index (χ2v) is 8.18. The Kier molecular flexibility index (Phi) is 4.69. The first-order valence-electron chi connectivity index (χ1n) is 9.23. The van der Waals surface area contributed by atoms with Gasteiger partial charge < -0.3 is 4.52 Å². The minimum absolute atomic E-state index is 0.131. The summed E-state index contributed by atoms with van der Waals surface area (Å²) in [6, 6.07) is 17.3. The lowest BCUT2D eigenvalue weighted by molar-refractivity contribution is 0.369. The highest BCUT2D eigenvalue weighted by molar-refractivity contribution is 7.22. The van der Waals surface area contributed by atoms with Crippen molar-refractivity contribution in [2.75, 3.05) is 0 Å². The standard InChI is InChI=1S/C22H15ClN4O2S/c1-13-18-21(30-19(13)14-7-3-2-4-8-14)24-12-27(22(18)28)11-17-25-20(26-29-17)15-9-5-6-10-16(15)23/h2-10,12H,11H2,1H3. The van der Waals surface area contributed by atoms with Gasteiger partial charge in [0.2, 0.25) is 11.7 Å². The summed E-state index contributed by atoms with van der Waals surface area (Å²) in [6.07, 6.45) is 1.52. The molecular formula is C22H15ClN4O2S. The van der Waals surface area contributed by atoms with Crippen LogP contribution in [0.25, 0.3) is 32.0 Å². The Morgan fingerprint density at radius 1 is 1.10 bits per heavy atom. The molecule has 0 fully saturated rings. The number of rotatable bonds is 4. The van der Waals surface area contributed by atoms with E-state index in [9.17, 15) is 4.79 Å². The third-order valence-corrected chi connectivity index (χ3v) is 6.42. The molecule has 0 N–H and O–H groups in total. The fourth-order valence-corrected chi connectivity index (χ4v) is 4.72. The van der Waals surface area contributed by atoms with Crippen LogP contribution >= 0.6 is 22.9 Å². The van der Waals surface area contributed by atoms with Crippen molar-refractivity contribution in [3.8, 4) is 21.8 Å². The van der Waals surface area contributed by atoms with Crippen molar-refractivity contribution in [2.45, 2.75) is 13.5 Å². The maximum absolute atomic E-state index is 13.1. The maximum Gasteiger partial charge on any atom is 0.262 e. The van der Waals surface area contributed by atoms with Gasteiger partial charge in [0, 0.05) is 10.4 Å². The summed E-state index contributed by atoms with van der Waals surface area (Å²) in [4.78, 5) is 23.8.